The molecule has 2 aliphatic rings. The summed E-state index contributed by atoms with van der Waals surface area (Å²) in [5.41, 5.74) is 6.86. The fourth-order valence-corrected chi connectivity index (χ4v) is 4.38. The fourth-order valence-electron chi connectivity index (χ4n) is 4.38. The SMILES string of the molecule is C=CC(=O)N1CC2CC(Nc3ncnc(N)c3C(=N)c3ccc([N+](=O)[O-])cc3)C1C2. The van der Waals surface area contributed by atoms with E-state index in [-0.39, 0.29) is 35.2 Å². The summed E-state index contributed by atoms with van der Waals surface area (Å²) in [6.45, 7) is 4.31. The second-order valence-corrected chi connectivity index (χ2v) is 7.51. The van der Waals surface area contributed by atoms with Crippen molar-refractivity contribution >= 4 is 28.9 Å². The highest BCUT2D eigenvalue weighted by atomic mass is 16.6. The lowest BCUT2D eigenvalue weighted by atomic mass is 10.0. The van der Waals surface area contributed by atoms with Gasteiger partial charge in [-0.15, -0.1) is 0 Å². The number of hydrogen-bond donors (Lipinski definition) is 3. The Balaban J connectivity index is 1.61. The zero-order chi connectivity index (χ0) is 21.4. The number of anilines is 2. The molecule has 10 heteroatoms. The Hall–Kier alpha value is -3.82. The quantitative estimate of drug-likeness (QED) is 0.286. The predicted molar refractivity (Wildman–Crippen MR) is 111 cm³/mol. The Morgan fingerprint density at radius 3 is 2.70 bits per heavy atom. The van der Waals surface area contributed by atoms with Crippen LogP contribution in [0, 0.1) is 21.4 Å². The van der Waals surface area contributed by atoms with E-state index in [4.69, 9.17) is 11.1 Å². The number of amides is 1. The molecule has 2 heterocycles. The van der Waals surface area contributed by atoms with Gasteiger partial charge >= 0.3 is 0 Å². The number of piperidine rings is 1. The molecule has 1 aliphatic heterocycles. The van der Waals surface area contributed by atoms with E-state index in [0.717, 1.165) is 19.4 Å². The summed E-state index contributed by atoms with van der Waals surface area (Å²) in [4.78, 5) is 32.7. The zero-order valence-electron chi connectivity index (χ0n) is 16.1. The van der Waals surface area contributed by atoms with Gasteiger partial charge in [0.15, 0.2) is 0 Å². The Kier molecular flexibility index (Phi) is 4.90. The molecule has 2 bridgehead atoms. The number of aromatic nitrogens is 2. The number of nitro benzene ring substituents is 1. The topological polar surface area (TPSA) is 151 Å². The van der Waals surface area contributed by atoms with Crippen LogP contribution in [0.25, 0.3) is 0 Å². The van der Waals surface area contributed by atoms with Crippen LogP contribution < -0.4 is 11.1 Å². The van der Waals surface area contributed by atoms with E-state index in [1.807, 2.05) is 4.90 Å². The van der Waals surface area contributed by atoms with E-state index in [2.05, 4.69) is 21.9 Å². The van der Waals surface area contributed by atoms with Gasteiger partial charge in [-0.05, 0) is 37.0 Å². The number of fused-ring (bicyclic) bond motifs is 2. The summed E-state index contributed by atoms with van der Waals surface area (Å²) < 4.78 is 0. The number of nitrogens with one attached hydrogen (secondary N) is 2. The van der Waals surface area contributed by atoms with Gasteiger partial charge in [-0.2, -0.15) is 0 Å². The Labute approximate surface area is 172 Å². The first-order chi connectivity index (χ1) is 14.4. The van der Waals surface area contributed by atoms with Gasteiger partial charge in [0, 0.05) is 30.3 Å². The van der Waals surface area contributed by atoms with E-state index in [0.29, 0.717) is 22.9 Å². The molecule has 154 valence electrons. The molecule has 3 atom stereocenters. The smallest absolute Gasteiger partial charge is 0.269 e. The molecule has 1 saturated heterocycles. The molecule has 1 aliphatic carbocycles. The monoisotopic (exact) mass is 407 g/mol. The Bertz CT molecular complexity index is 1040. The largest absolute Gasteiger partial charge is 0.383 e. The van der Waals surface area contributed by atoms with Crippen molar-refractivity contribution in [1.29, 1.82) is 5.41 Å². The molecule has 0 spiro atoms. The third-order valence-corrected chi connectivity index (χ3v) is 5.75. The van der Waals surface area contributed by atoms with Crippen LogP contribution in [-0.2, 0) is 4.79 Å². The molecular weight excluding hydrogens is 386 g/mol. The van der Waals surface area contributed by atoms with Gasteiger partial charge in [-0.3, -0.25) is 20.3 Å². The van der Waals surface area contributed by atoms with Gasteiger partial charge in [0.05, 0.1) is 22.2 Å². The predicted octanol–water partition coefficient (Wildman–Crippen LogP) is 1.97. The van der Waals surface area contributed by atoms with Crippen LogP contribution >= 0.6 is 0 Å². The third kappa shape index (κ3) is 3.36. The number of nitro groups is 1. The van der Waals surface area contributed by atoms with E-state index in [9.17, 15) is 14.9 Å². The van der Waals surface area contributed by atoms with E-state index in [1.165, 1.54) is 36.7 Å². The molecule has 1 aromatic carbocycles. The highest BCUT2D eigenvalue weighted by Gasteiger charge is 2.46. The van der Waals surface area contributed by atoms with Crippen molar-refractivity contribution in [1.82, 2.24) is 14.9 Å². The van der Waals surface area contributed by atoms with Gasteiger partial charge in [0.2, 0.25) is 5.91 Å². The molecule has 30 heavy (non-hydrogen) atoms. The third-order valence-electron chi connectivity index (χ3n) is 5.75. The number of nitrogen functional groups attached to an aromatic ring is 1. The van der Waals surface area contributed by atoms with Gasteiger partial charge in [-0.1, -0.05) is 6.58 Å². The molecule has 3 unspecified atom stereocenters. The average Bonchev–Trinajstić information content (AvgIpc) is 3.33. The summed E-state index contributed by atoms with van der Waals surface area (Å²) in [5.74, 6) is 0.871. The van der Waals surface area contributed by atoms with Crippen molar-refractivity contribution in [2.75, 3.05) is 17.6 Å². The molecule has 4 rings (SSSR count). The average molecular weight is 407 g/mol. The normalized spacial score (nSPS) is 22.0. The van der Waals surface area contributed by atoms with Crippen LogP contribution in [-0.4, -0.2) is 50.0 Å². The van der Waals surface area contributed by atoms with Gasteiger partial charge in [-0.25, -0.2) is 9.97 Å². The van der Waals surface area contributed by atoms with E-state index >= 15 is 0 Å². The molecule has 1 aromatic heterocycles. The van der Waals surface area contributed by atoms with E-state index < -0.39 is 4.92 Å². The molecule has 0 radical (unpaired) electrons. The number of likely N-dealkylation sites (tertiary alicyclic amines) is 1. The summed E-state index contributed by atoms with van der Waals surface area (Å²) in [6, 6.07) is 5.68. The molecular formula is C20H21N7O3. The van der Waals surface area contributed by atoms with Gasteiger partial charge in [0.25, 0.3) is 5.69 Å². The van der Waals surface area contributed by atoms with Crippen LogP contribution in [0.5, 0.6) is 0 Å². The molecule has 4 N–H and O–H groups in total. The van der Waals surface area contributed by atoms with Gasteiger partial charge < -0.3 is 16.0 Å². The van der Waals surface area contributed by atoms with Crippen molar-refractivity contribution in [3.05, 3.63) is 64.5 Å². The van der Waals surface area contributed by atoms with Crippen molar-refractivity contribution < 1.29 is 9.72 Å². The second kappa shape index (κ2) is 7.54. The number of nitrogens with two attached hydrogens (primary N) is 1. The molecule has 1 saturated carbocycles. The molecule has 1 amide bonds. The number of carbonyl (C=O) groups is 1. The van der Waals surface area contributed by atoms with Crippen LogP contribution in [0.1, 0.15) is 24.0 Å². The molecule has 10 nitrogen and oxygen atoms in total. The first-order valence-corrected chi connectivity index (χ1v) is 9.52. The maximum atomic E-state index is 12.1. The first-order valence-electron chi connectivity index (χ1n) is 9.52. The summed E-state index contributed by atoms with van der Waals surface area (Å²) in [5, 5.41) is 22.8. The summed E-state index contributed by atoms with van der Waals surface area (Å²) >= 11 is 0. The summed E-state index contributed by atoms with van der Waals surface area (Å²) in [6.07, 6.45) is 4.45. The van der Waals surface area contributed by atoms with Crippen molar-refractivity contribution in [2.45, 2.75) is 24.9 Å². The minimum absolute atomic E-state index is 0.0228. The van der Waals surface area contributed by atoms with Crippen molar-refractivity contribution in [2.24, 2.45) is 5.92 Å². The Morgan fingerprint density at radius 1 is 1.33 bits per heavy atom. The number of carbonyl (C=O) groups excluding carboxylic acids is 1. The minimum Gasteiger partial charge on any atom is -0.383 e. The lowest BCUT2D eigenvalue weighted by Gasteiger charge is -2.33. The number of hydrogen-bond acceptors (Lipinski definition) is 8. The molecule has 2 aromatic rings. The highest BCUT2D eigenvalue weighted by molar-refractivity contribution is 6.16. The van der Waals surface area contributed by atoms with Crippen molar-refractivity contribution in [3.63, 3.8) is 0 Å². The minimum atomic E-state index is -0.494. The van der Waals surface area contributed by atoms with Crippen molar-refractivity contribution in [3.8, 4) is 0 Å². The lowest BCUT2D eigenvalue weighted by molar-refractivity contribution is -0.384. The van der Waals surface area contributed by atoms with Crippen LogP contribution in [0.2, 0.25) is 0 Å². The second-order valence-electron chi connectivity index (χ2n) is 7.51. The summed E-state index contributed by atoms with van der Waals surface area (Å²) in [7, 11) is 0. The maximum absolute atomic E-state index is 12.1. The standard InChI is InChI=1S/C20H21N7O3/c1-2-16(28)26-9-11-7-14(15(26)8-11)25-20-17(19(22)23-10-24-20)18(21)12-3-5-13(6-4-12)27(29)30/h2-6,10-11,14-15,21H,1,7-9H2,(H3,22,23,24,25). The number of rotatable bonds is 6. The van der Waals surface area contributed by atoms with Crippen LogP contribution in [0.15, 0.2) is 43.2 Å². The van der Waals surface area contributed by atoms with Crippen LogP contribution in [0.4, 0.5) is 17.3 Å². The highest BCUT2D eigenvalue weighted by Crippen LogP contribution is 2.39. The maximum Gasteiger partial charge on any atom is 0.269 e. The number of benzene rings is 1. The Morgan fingerprint density at radius 2 is 2.07 bits per heavy atom. The van der Waals surface area contributed by atoms with Gasteiger partial charge in [0.1, 0.15) is 18.0 Å². The van der Waals surface area contributed by atoms with E-state index in [1.54, 1.807) is 0 Å². The fraction of sp³-hybridized carbons (Fsp3) is 0.300. The number of nitrogens with zero attached hydrogens (tertiary/aromatic N) is 4. The lowest BCUT2D eigenvalue weighted by Crippen LogP contribution is -2.47. The molecule has 2 fully saturated rings. The van der Waals surface area contributed by atoms with Crippen LogP contribution in [0.3, 0.4) is 0 Å². The number of non-ortho nitro benzene ring substituents is 1. The first kappa shape index (κ1) is 19.5. The zero-order valence-corrected chi connectivity index (χ0v) is 16.1.